The van der Waals surface area contributed by atoms with E-state index in [1.807, 2.05) is 12.3 Å². The van der Waals surface area contributed by atoms with Gasteiger partial charge in [0.1, 0.15) is 11.7 Å². The van der Waals surface area contributed by atoms with E-state index in [0.29, 0.717) is 0 Å². The fourth-order valence-corrected chi connectivity index (χ4v) is 3.69. The van der Waals surface area contributed by atoms with Gasteiger partial charge >= 0.3 is 0 Å². The van der Waals surface area contributed by atoms with Crippen molar-refractivity contribution in [3.05, 3.63) is 24.0 Å². The van der Waals surface area contributed by atoms with E-state index in [1.165, 1.54) is 0 Å². The van der Waals surface area contributed by atoms with E-state index in [0.717, 1.165) is 76.4 Å². The number of ether oxygens (including phenoxy) is 1. The maximum atomic E-state index is 5.52. The zero-order valence-corrected chi connectivity index (χ0v) is 18.3. The van der Waals surface area contributed by atoms with Crippen LogP contribution in [0, 0.1) is 0 Å². The van der Waals surface area contributed by atoms with Gasteiger partial charge in [-0.2, -0.15) is 0 Å². The molecule has 1 unspecified atom stereocenters. The van der Waals surface area contributed by atoms with Crippen molar-refractivity contribution in [2.75, 3.05) is 60.0 Å². The molecule has 8 heteroatoms. The van der Waals surface area contributed by atoms with E-state index < -0.39 is 0 Å². The second kappa shape index (κ2) is 10.5. The van der Waals surface area contributed by atoms with Gasteiger partial charge in [0.15, 0.2) is 6.29 Å². The molecule has 1 atom stereocenters. The monoisotopic (exact) mass is 401 g/mol. The van der Waals surface area contributed by atoms with Crippen LogP contribution in [0.5, 0.6) is 0 Å². The minimum Gasteiger partial charge on any atom is -0.379 e. The van der Waals surface area contributed by atoms with E-state index >= 15 is 0 Å². The second-order valence-electron chi connectivity index (χ2n) is 7.42. The van der Waals surface area contributed by atoms with Gasteiger partial charge in [-0.1, -0.05) is 13.0 Å². The zero-order chi connectivity index (χ0) is 20.6. The van der Waals surface area contributed by atoms with Crippen molar-refractivity contribution in [2.24, 2.45) is 15.0 Å². The molecule has 29 heavy (non-hydrogen) atoms. The molecule has 0 aromatic carbocycles. The summed E-state index contributed by atoms with van der Waals surface area (Å²) in [5, 5.41) is 0. The first-order valence-electron chi connectivity index (χ1n) is 10.7. The topological polar surface area (TPSA) is 59.3 Å². The van der Waals surface area contributed by atoms with Crippen molar-refractivity contribution in [2.45, 2.75) is 33.0 Å². The predicted octanol–water partition coefficient (Wildman–Crippen LogP) is 1.84. The van der Waals surface area contributed by atoms with Gasteiger partial charge in [0, 0.05) is 59.5 Å². The average molecular weight is 402 g/mol. The number of hydrogen-bond donors (Lipinski definition) is 0. The SMILES string of the molecule is CCC1=NC(N(C)CCN(CC)C2=CCC=CC=N2)=NC(N2CCOCC2)N1C. The maximum Gasteiger partial charge on any atom is 0.225 e. The first-order valence-corrected chi connectivity index (χ1v) is 10.7. The van der Waals surface area contributed by atoms with Crippen molar-refractivity contribution in [1.82, 2.24) is 19.6 Å². The molecule has 0 aliphatic carbocycles. The zero-order valence-electron chi connectivity index (χ0n) is 18.3. The van der Waals surface area contributed by atoms with Crippen LogP contribution in [0.25, 0.3) is 0 Å². The molecule has 160 valence electrons. The standard InChI is InChI=1S/C21H35N7O/c1-5-18-23-20(24-21(26(18)4)28-14-16-29-17-15-28)25(3)12-13-27(6-2)19-10-8-7-9-11-22-19/h7,9-11,21H,5-6,8,12-17H2,1-4H3. The molecule has 0 aromatic heterocycles. The smallest absolute Gasteiger partial charge is 0.225 e. The maximum absolute atomic E-state index is 5.52. The third-order valence-electron chi connectivity index (χ3n) is 5.52. The van der Waals surface area contributed by atoms with E-state index in [2.05, 4.69) is 64.7 Å². The summed E-state index contributed by atoms with van der Waals surface area (Å²) in [6, 6.07) is 0. The number of amidine groups is 1. The minimum atomic E-state index is -0.00804. The Labute approximate surface area is 174 Å². The molecule has 0 spiro atoms. The van der Waals surface area contributed by atoms with E-state index in [4.69, 9.17) is 14.7 Å². The van der Waals surface area contributed by atoms with Gasteiger partial charge < -0.3 is 19.4 Å². The Balaban J connectivity index is 1.68. The number of rotatable bonds is 7. The Kier molecular flexibility index (Phi) is 7.83. The van der Waals surface area contributed by atoms with Gasteiger partial charge in [-0.15, -0.1) is 0 Å². The number of guanidine groups is 1. The minimum absolute atomic E-state index is 0.00804. The molecule has 8 nitrogen and oxygen atoms in total. The van der Waals surface area contributed by atoms with E-state index in [1.54, 1.807) is 0 Å². The van der Waals surface area contributed by atoms with Crippen LogP contribution >= 0.6 is 0 Å². The fourth-order valence-electron chi connectivity index (χ4n) is 3.69. The molecule has 3 rings (SSSR count). The Bertz CT molecular complexity index is 691. The lowest BCUT2D eigenvalue weighted by atomic mass is 10.3. The van der Waals surface area contributed by atoms with Crippen LogP contribution in [-0.4, -0.2) is 104 Å². The number of nitrogens with zero attached hydrogens (tertiary/aromatic N) is 7. The Hall–Kier alpha value is -2.19. The number of morpholine rings is 1. The molecule has 3 aliphatic heterocycles. The Morgan fingerprint density at radius 3 is 2.72 bits per heavy atom. The molecule has 3 aliphatic rings. The number of allylic oxidation sites excluding steroid dienone is 3. The second-order valence-corrected chi connectivity index (χ2v) is 7.42. The lowest BCUT2D eigenvalue weighted by Gasteiger charge is -2.41. The van der Waals surface area contributed by atoms with Gasteiger partial charge in [-0.05, 0) is 25.5 Å². The number of likely N-dealkylation sites (N-methyl/N-ethyl adjacent to an activating group) is 2. The van der Waals surface area contributed by atoms with E-state index in [9.17, 15) is 0 Å². The van der Waals surface area contributed by atoms with Gasteiger partial charge in [-0.25, -0.2) is 15.0 Å². The van der Waals surface area contributed by atoms with Crippen LogP contribution in [0.3, 0.4) is 0 Å². The Morgan fingerprint density at radius 2 is 2.00 bits per heavy atom. The molecular formula is C21H35N7O. The van der Waals surface area contributed by atoms with Gasteiger partial charge in [0.25, 0.3) is 0 Å². The lowest BCUT2D eigenvalue weighted by Crippen LogP contribution is -2.55. The summed E-state index contributed by atoms with van der Waals surface area (Å²) in [5.41, 5.74) is 0. The Morgan fingerprint density at radius 1 is 1.21 bits per heavy atom. The summed E-state index contributed by atoms with van der Waals surface area (Å²) < 4.78 is 5.52. The predicted molar refractivity (Wildman–Crippen MR) is 119 cm³/mol. The van der Waals surface area contributed by atoms with E-state index in [-0.39, 0.29) is 6.29 Å². The van der Waals surface area contributed by atoms with Crippen LogP contribution in [-0.2, 0) is 4.74 Å². The lowest BCUT2D eigenvalue weighted by molar-refractivity contribution is -0.00836. The first-order chi connectivity index (χ1) is 14.1. The van der Waals surface area contributed by atoms with Crippen molar-refractivity contribution in [3.63, 3.8) is 0 Å². The van der Waals surface area contributed by atoms with Crippen LogP contribution in [0.1, 0.15) is 26.7 Å². The number of hydrogen-bond acceptors (Lipinski definition) is 8. The summed E-state index contributed by atoms with van der Waals surface area (Å²) in [5.74, 6) is 2.93. The van der Waals surface area contributed by atoms with Crippen molar-refractivity contribution in [3.8, 4) is 0 Å². The first kappa shape index (κ1) is 21.5. The van der Waals surface area contributed by atoms with Gasteiger partial charge in [0.05, 0.1) is 13.2 Å². The normalized spacial score (nSPS) is 22.7. The summed E-state index contributed by atoms with van der Waals surface area (Å²) >= 11 is 0. The summed E-state index contributed by atoms with van der Waals surface area (Å²) in [4.78, 5) is 23.4. The molecule has 1 saturated heterocycles. The molecule has 0 aromatic rings. The highest BCUT2D eigenvalue weighted by molar-refractivity contribution is 5.97. The molecule has 0 amide bonds. The third-order valence-corrected chi connectivity index (χ3v) is 5.52. The molecule has 0 saturated carbocycles. The van der Waals surface area contributed by atoms with Crippen molar-refractivity contribution >= 4 is 18.0 Å². The van der Waals surface area contributed by atoms with Gasteiger partial charge in [-0.3, -0.25) is 4.90 Å². The third kappa shape index (κ3) is 5.45. The van der Waals surface area contributed by atoms with Crippen LogP contribution in [0.2, 0.25) is 0 Å². The largest absolute Gasteiger partial charge is 0.379 e. The highest BCUT2D eigenvalue weighted by Gasteiger charge is 2.30. The molecule has 3 heterocycles. The van der Waals surface area contributed by atoms with Gasteiger partial charge in [0.2, 0.25) is 5.96 Å². The average Bonchev–Trinajstić information content (AvgIpc) is 3.04. The van der Waals surface area contributed by atoms with Crippen molar-refractivity contribution < 1.29 is 4.74 Å². The summed E-state index contributed by atoms with van der Waals surface area (Å²) in [6.45, 7) is 10.3. The highest BCUT2D eigenvalue weighted by atomic mass is 16.5. The summed E-state index contributed by atoms with van der Waals surface area (Å²) in [6.07, 6.45) is 9.98. The highest BCUT2D eigenvalue weighted by Crippen LogP contribution is 2.17. The molecule has 0 bridgehead atoms. The quantitative estimate of drug-likeness (QED) is 0.652. The molecule has 0 N–H and O–H groups in total. The molecular weight excluding hydrogens is 366 g/mol. The van der Waals surface area contributed by atoms with Crippen molar-refractivity contribution in [1.29, 1.82) is 0 Å². The summed E-state index contributed by atoms with van der Waals surface area (Å²) in [7, 11) is 4.17. The molecule has 0 radical (unpaired) electrons. The van der Waals surface area contributed by atoms with Crippen LogP contribution in [0.15, 0.2) is 39.0 Å². The number of aliphatic imine (C=N–C) groups is 3. The van der Waals surface area contributed by atoms with Crippen LogP contribution in [0.4, 0.5) is 0 Å². The van der Waals surface area contributed by atoms with Crippen LogP contribution < -0.4 is 0 Å². The fraction of sp³-hybridized carbons (Fsp3) is 0.667. The molecule has 1 fully saturated rings.